The normalized spacial score (nSPS) is 16.2. The molecule has 0 bridgehead atoms. The van der Waals surface area contributed by atoms with Crippen molar-refractivity contribution >= 4 is 39.0 Å². The standard InChI is InChI=1S/C28H38N4O3S2/c1-27(2,3)32-37(35)26-20-14-10-9-13-19(20)21(16-29-26)23-22(15-18-11-7-6-8-12-18)31-25(36-23)24(33)30-17-28(4,5)34/h9-10,13-14,16,18,32,34H,6-8,11-12,15,17H2,1-5H3,(H,30,33). The van der Waals surface area contributed by atoms with Gasteiger partial charge in [-0.2, -0.15) is 0 Å². The van der Waals surface area contributed by atoms with Gasteiger partial charge in [-0.25, -0.2) is 18.9 Å². The molecule has 7 nitrogen and oxygen atoms in total. The number of nitrogens with one attached hydrogen (secondary N) is 2. The summed E-state index contributed by atoms with van der Waals surface area (Å²) >= 11 is 1.36. The predicted molar refractivity (Wildman–Crippen MR) is 151 cm³/mol. The smallest absolute Gasteiger partial charge is 0.280 e. The predicted octanol–water partition coefficient (Wildman–Crippen LogP) is 5.39. The van der Waals surface area contributed by atoms with Crippen LogP contribution in [0, 0.1) is 5.92 Å². The summed E-state index contributed by atoms with van der Waals surface area (Å²) in [5, 5.41) is 15.5. The highest BCUT2D eigenvalue weighted by Crippen LogP contribution is 2.39. The first-order chi connectivity index (χ1) is 17.4. The molecule has 200 valence electrons. The zero-order chi connectivity index (χ0) is 26.8. The van der Waals surface area contributed by atoms with Crippen LogP contribution < -0.4 is 10.0 Å². The van der Waals surface area contributed by atoms with Crippen molar-refractivity contribution in [1.29, 1.82) is 0 Å². The van der Waals surface area contributed by atoms with Crippen molar-refractivity contribution in [3.8, 4) is 10.4 Å². The third kappa shape index (κ3) is 7.22. The van der Waals surface area contributed by atoms with E-state index in [0.29, 0.717) is 16.0 Å². The van der Waals surface area contributed by atoms with E-state index < -0.39 is 16.6 Å². The maximum Gasteiger partial charge on any atom is 0.280 e. The van der Waals surface area contributed by atoms with E-state index >= 15 is 0 Å². The van der Waals surface area contributed by atoms with Gasteiger partial charge < -0.3 is 10.4 Å². The molecule has 0 radical (unpaired) electrons. The molecular weight excluding hydrogens is 504 g/mol. The Kier molecular flexibility index (Phi) is 8.48. The molecule has 0 saturated heterocycles. The van der Waals surface area contributed by atoms with Crippen LogP contribution in [0.5, 0.6) is 0 Å². The summed E-state index contributed by atoms with van der Waals surface area (Å²) in [6.07, 6.45) is 8.68. The van der Waals surface area contributed by atoms with Crippen LogP contribution in [0.2, 0.25) is 0 Å². The van der Waals surface area contributed by atoms with Crippen LogP contribution in [0.25, 0.3) is 21.2 Å². The van der Waals surface area contributed by atoms with Crippen LogP contribution >= 0.6 is 11.3 Å². The molecule has 1 aliphatic carbocycles. The quantitative estimate of drug-likeness (QED) is 0.354. The van der Waals surface area contributed by atoms with Crippen molar-refractivity contribution in [3.05, 3.63) is 41.2 Å². The number of pyridine rings is 1. The van der Waals surface area contributed by atoms with E-state index in [4.69, 9.17) is 4.98 Å². The van der Waals surface area contributed by atoms with Crippen molar-refractivity contribution in [2.45, 2.75) is 89.3 Å². The SMILES string of the molecule is CC(C)(O)CNC(=O)c1nc(CC2CCCCC2)c(-c2cnc(S(=O)NC(C)(C)C)c3ccccc23)s1. The average Bonchev–Trinajstić information content (AvgIpc) is 3.24. The molecule has 1 aliphatic rings. The fourth-order valence-electron chi connectivity index (χ4n) is 4.66. The van der Waals surface area contributed by atoms with Gasteiger partial charge in [0.05, 0.1) is 16.2 Å². The highest BCUT2D eigenvalue weighted by Gasteiger charge is 2.26. The van der Waals surface area contributed by atoms with Gasteiger partial charge in [0, 0.05) is 29.2 Å². The Labute approximate surface area is 226 Å². The summed E-state index contributed by atoms with van der Waals surface area (Å²) in [7, 11) is -1.48. The third-order valence-corrected chi connectivity index (χ3v) is 8.96. The Hall–Kier alpha value is -2.20. The van der Waals surface area contributed by atoms with Gasteiger partial charge in [-0.3, -0.25) is 4.79 Å². The number of hydrogen-bond acceptors (Lipinski definition) is 6. The van der Waals surface area contributed by atoms with E-state index in [2.05, 4.69) is 15.0 Å². The third-order valence-electron chi connectivity index (χ3n) is 6.36. The zero-order valence-corrected chi connectivity index (χ0v) is 24.0. The van der Waals surface area contributed by atoms with Gasteiger partial charge in [-0.15, -0.1) is 11.3 Å². The van der Waals surface area contributed by atoms with Crippen molar-refractivity contribution in [1.82, 2.24) is 20.0 Å². The topological polar surface area (TPSA) is 104 Å². The second-order valence-electron chi connectivity index (χ2n) is 11.6. The maximum atomic E-state index is 13.2. The average molecular weight is 543 g/mol. The molecule has 1 fully saturated rings. The van der Waals surface area contributed by atoms with E-state index in [1.165, 1.54) is 43.4 Å². The molecular formula is C28H38N4O3S2. The number of thiazole rings is 1. The summed E-state index contributed by atoms with van der Waals surface area (Å²) < 4.78 is 16.3. The highest BCUT2D eigenvalue weighted by molar-refractivity contribution is 7.83. The van der Waals surface area contributed by atoms with Crippen LogP contribution in [0.4, 0.5) is 0 Å². The molecule has 3 aromatic rings. The van der Waals surface area contributed by atoms with Gasteiger partial charge in [-0.05, 0) is 52.3 Å². The number of fused-ring (bicyclic) bond motifs is 1. The second-order valence-corrected chi connectivity index (χ2v) is 13.8. The first-order valence-corrected chi connectivity index (χ1v) is 15.0. The van der Waals surface area contributed by atoms with E-state index in [9.17, 15) is 14.1 Å². The molecule has 1 unspecified atom stereocenters. The lowest BCUT2D eigenvalue weighted by Crippen LogP contribution is -2.38. The van der Waals surface area contributed by atoms with Crippen LogP contribution in [0.3, 0.4) is 0 Å². The summed E-state index contributed by atoms with van der Waals surface area (Å²) in [4.78, 5) is 23.4. The lowest BCUT2D eigenvalue weighted by atomic mass is 9.85. The lowest BCUT2D eigenvalue weighted by molar-refractivity contribution is 0.0694. The van der Waals surface area contributed by atoms with Gasteiger partial charge >= 0.3 is 0 Å². The van der Waals surface area contributed by atoms with Gasteiger partial charge in [0.15, 0.2) is 10.0 Å². The lowest BCUT2D eigenvalue weighted by Gasteiger charge is -2.21. The summed E-state index contributed by atoms with van der Waals surface area (Å²) in [5.41, 5.74) is 0.478. The first kappa shape index (κ1) is 27.8. The number of aromatic nitrogens is 2. The summed E-state index contributed by atoms with van der Waals surface area (Å²) in [6, 6.07) is 7.86. The number of carbonyl (C=O) groups excluding carboxylic acids is 1. The number of nitrogens with zero attached hydrogens (tertiary/aromatic N) is 2. The largest absolute Gasteiger partial charge is 0.389 e. The number of hydrogen-bond donors (Lipinski definition) is 3. The van der Waals surface area contributed by atoms with Crippen LogP contribution in [-0.4, -0.2) is 42.9 Å². The zero-order valence-electron chi connectivity index (χ0n) is 22.4. The van der Waals surface area contributed by atoms with E-state index in [-0.39, 0.29) is 18.0 Å². The van der Waals surface area contributed by atoms with Crippen molar-refractivity contribution in [2.24, 2.45) is 5.92 Å². The molecule has 0 spiro atoms. The van der Waals surface area contributed by atoms with Crippen molar-refractivity contribution < 1.29 is 14.1 Å². The van der Waals surface area contributed by atoms with Gasteiger partial charge in [0.25, 0.3) is 5.91 Å². The van der Waals surface area contributed by atoms with Gasteiger partial charge in [-0.1, -0.05) is 56.4 Å². The molecule has 1 saturated carbocycles. The number of carbonyl (C=O) groups is 1. The fourth-order valence-corrected chi connectivity index (χ4v) is 6.87. The molecule has 1 aromatic carbocycles. The maximum absolute atomic E-state index is 13.2. The highest BCUT2D eigenvalue weighted by atomic mass is 32.2. The Balaban J connectivity index is 1.77. The second kappa shape index (κ2) is 11.3. The van der Waals surface area contributed by atoms with E-state index in [0.717, 1.165) is 33.3 Å². The van der Waals surface area contributed by atoms with Crippen LogP contribution in [0.1, 0.15) is 82.2 Å². The Morgan fingerprint density at radius 1 is 1.11 bits per heavy atom. The van der Waals surface area contributed by atoms with Crippen molar-refractivity contribution in [2.75, 3.05) is 6.54 Å². The minimum atomic E-state index is -1.48. The number of rotatable bonds is 8. The Bertz CT molecular complexity index is 1280. The van der Waals surface area contributed by atoms with Gasteiger partial charge in [0.2, 0.25) is 0 Å². The number of benzene rings is 1. The minimum Gasteiger partial charge on any atom is -0.389 e. The molecule has 9 heteroatoms. The summed E-state index contributed by atoms with van der Waals surface area (Å²) in [5.74, 6) is 0.261. The molecule has 1 atom stereocenters. The van der Waals surface area contributed by atoms with E-state index in [1.807, 2.05) is 45.0 Å². The Morgan fingerprint density at radius 3 is 2.43 bits per heavy atom. The first-order valence-electron chi connectivity index (χ1n) is 13.0. The molecule has 4 rings (SSSR count). The monoisotopic (exact) mass is 542 g/mol. The summed E-state index contributed by atoms with van der Waals surface area (Å²) in [6.45, 7) is 9.38. The molecule has 0 aliphatic heterocycles. The minimum absolute atomic E-state index is 0.143. The molecule has 2 aromatic heterocycles. The molecule has 37 heavy (non-hydrogen) atoms. The molecule has 3 N–H and O–H groups in total. The molecule has 1 amide bonds. The molecule has 2 heterocycles. The number of amides is 1. The fraction of sp³-hybridized carbons (Fsp3) is 0.536. The van der Waals surface area contributed by atoms with Gasteiger partial charge in [0.1, 0.15) is 11.0 Å². The number of aliphatic hydroxyl groups is 1. The van der Waals surface area contributed by atoms with E-state index in [1.54, 1.807) is 20.0 Å². The van der Waals surface area contributed by atoms with Crippen LogP contribution in [0.15, 0.2) is 35.5 Å². The van der Waals surface area contributed by atoms with Crippen LogP contribution in [-0.2, 0) is 17.4 Å². The Morgan fingerprint density at radius 2 is 1.78 bits per heavy atom. The van der Waals surface area contributed by atoms with Crippen molar-refractivity contribution in [3.63, 3.8) is 0 Å².